The van der Waals surface area contributed by atoms with Crippen LogP contribution in [-0.2, 0) is 6.54 Å². The molecular weight excluding hydrogens is 342 g/mol. The molecule has 142 valence electrons. The van der Waals surface area contributed by atoms with Crippen LogP contribution < -0.4 is 15.4 Å². The van der Waals surface area contributed by atoms with Crippen LogP contribution in [-0.4, -0.2) is 36.5 Å². The number of hydrogen-bond acceptors (Lipinski definition) is 3. The highest BCUT2D eigenvalue weighted by Crippen LogP contribution is 2.16. The number of rotatable bonds is 6. The van der Waals surface area contributed by atoms with Crippen LogP contribution >= 0.6 is 0 Å². The molecule has 0 unspecified atom stereocenters. The molecule has 2 N–H and O–H groups in total. The van der Waals surface area contributed by atoms with Crippen LogP contribution in [0.5, 0.6) is 5.75 Å². The van der Waals surface area contributed by atoms with E-state index in [1.54, 1.807) is 12.1 Å². The first-order chi connectivity index (χ1) is 13.2. The lowest BCUT2D eigenvalue weighted by Crippen LogP contribution is -2.29. The van der Waals surface area contributed by atoms with Crippen molar-refractivity contribution in [1.82, 2.24) is 10.2 Å². The highest BCUT2D eigenvalue weighted by molar-refractivity contribution is 5.94. The SMILES string of the molecule is CCOc1ccc(NC(=O)NCc2cccc(C(=O)N3CCCC3)c2)cc1. The number of nitrogens with zero attached hydrogens (tertiary/aromatic N) is 1. The van der Waals surface area contributed by atoms with Crippen LogP contribution in [0.3, 0.4) is 0 Å². The van der Waals surface area contributed by atoms with Gasteiger partial charge in [0.05, 0.1) is 6.61 Å². The van der Waals surface area contributed by atoms with Crippen LogP contribution in [0.4, 0.5) is 10.5 Å². The summed E-state index contributed by atoms with van der Waals surface area (Å²) in [4.78, 5) is 26.4. The van der Waals surface area contributed by atoms with E-state index in [0.29, 0.717) is 24.4 Å². The number of likely N-dealkylation sites (tertiary alicyclic amines) is 1. The second-order valence-corrected chi connectivity index (χ2v) is 6.46. The van der Waals surface area contributed by atoms with Crippen molar-refractivity contribution in [3.63, 3.8) is 0 Å². The number of hydrogen-bond donors (Lipinski definition) is 2. The Morgan fingerprint density at radius 1 is 1.07 bits per heavy atom. The number of amides is 3. The van der Waals surface area contributed by atoms with Crippen molar-refractivity contribution in [1.29, 1.82) is 0 Å². The van der Waals surface area contributed by atoms with Crippen molar-refractivity contribution in [3.05, 3.63) is 59.7 Å². The van der Waals surface area contributed by atoms with Crippen molar-refractivity contribution in [2.24, 2.45) is 0 Å². The zero-order valence-corrected chi connectivity index (χ0v) is 15.5. The van der Waals surface area contributed by atoms with E-state index in [9.17, 15) is 9.59 Å². The normalized spacial score (nSPS) is 13.3. The smallest absolute Gasteiger partial charge is 0.319 e. The molecule has 6 heteroatoms. The molecule has 6 nitrogen and oxygen atoms in total. The standard InChI is InChI=1S/C21H25N3O3/c1-2-27-19-10-8-18(9-11-19)23-21(26)22-15-16-6-5-7-17(14-16)20(25)24-12-3-4-13-24/h5-11,14H,2-4,12-13,15H2,1H3,(H2,22,23,26). The summed E-state index contributed by atoms with van der Waals surface area (Å²) < 4.78 is 5.38. The first kappa shape index (κ1) is 18.8. The number of urea groups is 1. The molecule has 0 aromatic heterocycles. The van der Waals surface area contributed by atoms with E-state index < -0.39 is 0 Å². The van der Waals surface area contributed by atoms with Crippen molar-refractivity contribution in [3.8, 4) is 5.75 Å². The number of benzene rings is 2. The minimum absolute atomic E-state index is 0.0631. The molecule has 2 aromatic rings. The highest BCUT2D eigenvalue weighted by Gasteiger charge is 2.19. The van der Waals surface area contributed by atoms with Crippen LogP contribution in [0.15, 0.2) is 48.5 Å². The fourth-order valence-electron chi connectivity index (χ4n) is 3.08. The highest BCUT2D eigenvalue weighted by atomic mass is 16.5. The summed E-state index contributed by atoms with van der Waals surface area (Å²) in [6.45, 7) is 4.53. The van der Waals surface area contributed by atoms with Gasteiger partial charge in [-0.25, -0.2) is 4.79 Å². The summed E-state index contributed by atoms with van der Waals surface area (Å²) >= 11 is 0. The van der Waals surface area contributed by atoms with Crippen molar-refractivity contribution in [2.75, 3.05) is 25.0 Å². The molecular formula is C21H25N3O3. The van der Waals surface area contributed by atoms with Crippen LogP contribution in [0.1, 0.15) is 35.7 Å². The third kappa shape index (κ3) is 5.23. The number of anilines is 1. The Morgan fingerprint density at radius 3 is 2.52 bits per heavy atom. The molecule has 3 rings (SSSR count). The second-order valence-electron chi connectivity index (χ2n) is 6.46. The number of carbonyl (C=O) groups excluding carboxylic acids is 2. The molecule has 27 heavy (non-hydrogen) atoms. The predicted molar refractivity (Wildman–Crippen MR) is 105 cm³/mol. The first-order valence-corrected chi connectivity index (χ1v) is 9.31. The van der Waals surface area contributed by atoms with E-state index in [-0.39, 0.29) is 11.9 Å². The lowest BCUT2D eigenvalue weighted by atomic mass is 10.1. The van der Waals surface area contributed by atoms with Gasteiger partial charge in [0.25, 0.3) is 5.91 Å². The molecule has 3 amide bonds. The summed E-state index contributed by atoms with van der Waals surface area (Å²) in [7, 11) is 0. The molecule has 0 radical (unpaired) electrons. The third-order valence-corrected chi connectivity index (χ3v) is 4.44. The van der Waals surface area contributed by atoms with Gasteiger partial charge in [-0.15, -0.1) is 0 Å². The maximum absolute atomic E-state index is 12.5. The summed E-state index contributed by atoms with van der Waals surface area (Å²) in [5.74, 6) is 0.830. The summed E-state index contributed by atoms with van der Waals surface area (Å²) in [5, 5.41) is 5.60. The molecule has 2 aromatic carbocycles. The molecule has 1 fully saturated rings. The molecule has 0 bridgehead atoms. The molecule has 0 spiro atoms. The summed E-state index contributed by atoms with van der Waals surface area (Å²) in [6, 6.07) is 14.3. The Balaban J connectivity index is 1.52. The minimum atomic E-state index is -0.296. The molecule has 0 atom stereocenters. The van der Waals surface area contributed by atoms with Crippen molar-refractivity contribution in [2.45, 2.75) is 26.3 Å². The van der Waals surface area contributed by atoms with Gasteiger partial charge in [0.1, 0.15) is 5.75 Å². The Morgan fingerprint density at radius 2 is 1.81 bits per heavy atom. The largest absolute Gasteiger partial charge is 0.494 e. The Labute approximate surface area is 159 Å². The molecule has 1 heterocycles. The molecule has 1 aliphatic rings. The average molecular weight is 367 g/mol. The molecule has 1 aliphatic heterocycles. The van der Waals surface area contributed by atoms with E-state index in [4.69, 9.17) is 4.74 Å². The van der Waals surface area contributed by atoms with Crippen molar-refractivity contribution >= 4 is 17.6 Å². The number of nitrogens with one attached hydrogen (secondary N) is 2. The van der Waals surface area contributed by atoms with Crippen molar-refractivity contribution < 1.29 is 14.3 Å². The van der Waals surface area contributed by atoms with E-state index in [1.807, 2.05) is 48.2 Å². The fourth-order valence-corrected chi connectivity index (χ4v) is 3.08. The predicted octanol–water partition coefficient (Wildman–Crippen LogP) is 3.64. The third-order valence-electron chi connectivity index (χ3n) is 4.44. The number of ether oxygens (including phenoxy) is 1. The fraction of sp³-hybridized carbons (Fsp3) is 0.333. The van der Waals surface area contributed by atoms with E-state index in [2.05, 4.69) is 10.6 Å². The van der Waals surface area contributed by atoms with Crippen LogP contribution in [0, 0.1) is 0 Å². The van der Waals surface area contributed by atoms with Gasteiger partial charge in [-0.2, -0.15) is 0 Å². The quantitative estimate of drug-likeness (QED) is 0.819. The second kappa shape index (κ2) is 9.07. The van der Waals surface area contributed by atoms with Gasteiger partial charge in [-0.3, -0.25) is 4.79 Å². The van der Waals surface area contributed by atoms with Crippen LogP contribution in [0.2, 0.25) is 0 Å². The summed E-state index contributed by atoms with van der Waals surface area (Å²) in [5.41, 5.74) is 2.25. The van der Waals surface area contributed by atoms with Gasteiger partial charge in [-0.1, -0.05) is 12.1 Å². The molecule has 0 saturated carbocycles. The van der Waals surface area contributed by atoms with E-state index >= 15 is 0 Å². The minimum Gasteiger partial charge on any atom is -0.494 e. The van der Waals surface area contributed by atoms with Gasteiger partial charge in [0, 0.05) is 30.9 Å². The van der Waals surface area contributed by atoms with Crippen LogP contribution in [0.25, 0.3) is 0 Å². The zero-order valence-electron chi connectivity index (χ0n) is 15.5. The molecule has 0 aliphatic carbocycles. The first-order valence-electron chi connectivity index (χ1n) is 9.31. The monoisotopic (exact) mass is 367 g/mol. The Bertz CT molecular complexity index is 784. The lowest BCUT2D eigenvalue weighted by molar-refractivity contribution is 0.0792. The Hall–Kier alpha value is -3.02. The average Bonchev–Trinajstić information content (AvgIpc) is 3.23. The topological polar surface area (TPSA) is 70.7 Å². The maximum Gasteiger partial charge on any atom is 0.319 e. The Kier molecular flexibility index (Phi) is 6.30. The number of carbonyl (C=O) groups is 2. The molecule has 1 saturated heterocycles. The van der Waals surface area contributed by atoms with Gasteiger partial charge in [-0.05, 0) is 61.7 Å². The van der Waals surface area contributed by atoms with Gasteiger partial charge >= 0.3 is 6.03 Å². The maximum atomic E-state index is 12.5. The zero-order chi connectivity index (χ0) is 19.1. The van der Waals surface area contributed by atoms with Gasteiger partial charge < -0.3 is 20.3 Å². The van der Waals surface area contributed by atoms with E-state index in [1.165, 1.54) is 0 Å². The lowest BCUT2D eigenvalue weighted by Gasteiger charge is -2.15. The van der Waals surface area contributed by atoms with Gasteiger partial charge in [0.15, 0.2) is 0 Å². The van der Waals surface area contributed by atoms with E-state index in [0.717, 1.165) is 37.2 Å². The van der Waals surface area contributed by atoms with Gasteiger partial charge in [0.2, 0.25) is 0 Å². The summed E-state index contributed by atoms with van der Waals surface area (Å²) in [6.07, 6.45) is 2.14.